The first-order chi connectivity index (χ1) is 12.5. The molecule has 6 heteroatoms. The molecule has 1 aromatic carbocycles. The van der Waals surface area contributed by atoms with Crippen molar-refractivity contribution in [1.82, 2.24) is 19.9 Å². The molecule has 0 radical (unpaired) electrons. The zero-order chi connectivity index (χ0) is 18.5. The molecule has 1 unspecified atom stereocenters. The van der Waals surface area contributed by atoms with Crippen molar-refractivity contribution in [1.29, 1.82) is 0 Å². The third-order valence-electron chi connectivity index (χ3n) is 4.98. The number of nitrogens with zero attached hydrogens (tertiary/aromatic N) is 4. The molecule has 0 N–H and O–H groups in total. The second-order valence-electron chi connectivity index (χ2n) is 7.35. The molecule has 1 fully saturated rings. The van der Waals surface area contributed by atoms with E-state index in [4.69, 9.17) is 4.52 Å². The molecule has 1 saturated heterocycles. The van der Waals surface area contributed by atoms with E-state index in [1.165, 1.54) is 0 Å². The summed E-state index contributed by atoms with van der Waals surface area (Å²) in [6, 6.07) is 9.89. The first kappa shape index (κ1) is 18.6. The van der Waals surface area contributed by atoms with Crippen LogP contribution in [0.5, 0.6) is 0 Å². The lowest BCUT2D eigenvalue weighted by Crippen LogP contribution is -2.49. The summed E-state index contributed by atoms with van der Waals surface area (Å²) in [5, 5.41) is 4.11. The standard InChI is InChI=1S/C20H28N4O2/c1-15(2)9-10-18(25)24-13-11-23(12-14-24)16(3)20-21-19(22-26-20)17-7-5-4-6-8-17/h4-8,15-16H,9-14H2,1-3H3. The molecule has 1 aliphatic heterocycles. The first-order valence-corrected chi connectivity index (χ1v) is 9.45. The molecule has 1 aliphatic rings. The predicted octanol–water partition coefficient (Wildman–Crippen LogP) is 3.38. The van der Waals surface area contributed by atoms with Gasteiger partial charge in [0.2, 0.25) is 17.6 Å². The van der Waals surface area contributed by atoms with Crippen molar-refractivity contribution in [3.05, 3.63) is 36.2 Å². The van der Waals surface area contributed by atoms with Crippen molar-refractivity contribution in [3.8, 4) is 11.4 Å². The van der Waals surface area contributed by atoms with Gasteiger partial charge in [0.1, 0.15) is 0 Å². The summed E-state index contributed by atoms with van der Waals surface area (Å²) in [4.78, 5) is 21.1. The summed E-state index contributed by atoms with van der Waals surface area (Å²) in [7, 11) is 0. The SMILES string of the molecule is CC(C)CCC(=O)N1CCN(C(C)c2nc(-c3ccccc3)no2)CC1. The summed E-state index contributed by atoms with van der Waals surface area (Å²) in [5.41, 5.74) is 0.954. The molecule has 2 heterocycles. The molecular weight excluding hydrogens is 328 g/mol. The van der Waals surface area contributed by atoms with E-state index in [-0.39, 0.29) is 11.9 Å². The quantitative estimate of drug-likeness (QED) is 0.794. The van der Waals surface area contributed by atoms with Crippen molar-refractivity contribution in [2.24, 2.45) is 5.92 Å². The van der Waals surface area contributed by atoms with E-state index in [1.807, 2.05) is 35.2 Å². The van der Waals surface area contributed by atoms with Crippen LogP contribution in [0.25, 0.3) is 11.4 Å². The number of piperazine rings is 1. The van der Waals surface area contributed by atoms with E-state index < -0.39 is 0 Å². The highest BCUT2D eigenvalue weighted by molar-refractivity contribution is 5.76. The molecule has 6 nitrogen and oxygen atoms in total. The highest BCUT2D eigenvalue weighted by Gasteiger charge is 2.27. The van der Waals surface area contributed by atoms with Crippen molar-refractivity contribution in [2.45, 2.75) is 39.7 Å². The van der Waals surface area contributed by atoms with Crippen LogP contribution < -0.4 is 0 Å². The molecule has 0 bridgehead atoms. The van der Waals surface area contributed by atoms with Gasteiger partial charge in [0.25, 0.3) is 0 Å². The molecule has 1 aromatic heterocycles. The molecule has 2 aromatic rings. The Balaban J connectivity index is 1.55. The van der Waals surface area contributed by atoms with Gasteiger partial charge in [-0.05, 0) is 19.3 Å². The fraction of sp³-hybridized carbons (Fsp3) is 0.550. The smallest absolute Gasteiger partial charge is 0.244 e. The molecule has 1 amide bonds. The number of aromatic nitrogens is 2. The third-order valence-corrected chi connectivity index (χ3v) is 4.98. The van der Waals surface area contributed by atoms with Crippen molar-refractivity contribution in [3.63, 3.8) is 0 Å². The van der Waals surface area contributed by atoms with E-state index in [0.29, 0.717) is 24.1 Å². The Morgan fingerprint density at radius 1 is 1.12 bits per heavy atom. The van der Waals surface area contributed by atoms with E-state index >= 15 is 0 Å². The van der Waals surface area contributed by atoms with Crippen molar-refractivity contribution < 1.29 is 9.32 Å². The van der Waals surface area contributed by atoms with Crippen LogP contribution in [-0.4, -0.2) is 52.0 Å². The van der Waals surface area contributed by atoms with Crippen LogP contribution in [0, 0.1) is 5.92 Å². The van der Waals surface area contributed by atoms with Gasteiger partial charge in [-0.25, -0.2) is 0 Å². The minimum atomic E-state index is 0.0490. The largest absolute Gasteiger partial charge is 0.340 e. The zero-order valence-electron chi connectivity index (χ0n) is 15.9. The summed E-state index contributed by atoms with van der Waals surface area (Å²) in [6.45, 7) is 9.58. The second kappa shape index (κ2) is 8.45. The summed E-state index contributed by atoms with van der Waals surface area (Å²) < 4.78 is 5.49. The van der Waals surface area contributed by atoms with Gasteiger partial charge in [0.05, 0.1) is 6.04 Å². The van der Waals surface area contributed by atoms with E-state index in [9.17, 15) is 4.79 Å². The van der Waals surface area contributed by atoms with Gasteiger partial charge in [-0.15, -0.1) is 0 Å². The number of hydrogen-bond donors (Lipinski definition) is 0. The maximum Gasteiger partial charge on any atom is 0.244 e. The molecule has 26 heavy (non-hydrogen) atoms. The van der Waals surface area contributed by atoms with E-state index in [1.54, 1.807) is 0 Å². The Kier molecular flexibility index (Phi) is 6.04. The Hall–Kier alpha value is -2.21. The Bertz CT molecular complexity index is 706. The number of hydrogen-bond acceptors (Lipinski definition) is 5. The molecular formula is C20H28N4O2. The molecule has 0 aliphatic carbocycles. The summed E-state index contributed by atoms with van der Waals surface area (Å²) in [6.07, 6.45) is 1.61. The average molecular weight is 356 g/mol. The zero-order valence-corrected chi connectivity index (χ0v) is 15.9. The van der Waals surface area contributed by atoms with Gasteiger partial charge >= 0.3 is 0 Å². The summed E-state index contributed by atoms with van der Waals surface area (Å²) >= 11 is 0. The van der Waals surface area contributed by atoms with Crippen LogP contribution in [0.15, 0.2) is 34.9 Å². The fourth-order valence-corrected chi connectivity index (χ4v) is 3.19. The van der Waals surface area contributed by atoms with Crippen LogP contribution in [-0.2, 0) is 4.79 Å². The van der Waals surface area contributed by atoms with Gasteiger partial charge in [0, 0.05) is 38.2 Å². The number of carbonyl (C=O) groups is 1. The van der Waals surface area contributed by atoms with Gasteiger partial charge in [-0.2, -0.15) is 4.98 Å². The molecule has 1 atom stereocenters. The lowest BCUT2D eigenvalue weighted by Gasteiger charge is -2.37. The summed E-state index contributed by atoms with van der Waals surface area (Å²) in [5.74, 6) is 2.09. The monoisotopic (exact) mass is 356 g/mol. The second-order valence-corrected chi connectivity index (χ2v) is 7.35. The Labute approximate surface area is 155 Å². The Morgan fingerprint density at radius 3 is 2.46 bits per heavy atom. The minimum Gasteiger partial charge on any atom is -0.340 e. The van der Waals surface area contributed by atoms with Crippen molar-refractivity contribution in [2.75, 3.05) is 26.2 Å². The van der Waals surface area contributed by atoms with Crippen LogP contribution in [0.1, 0.15) is 45.5 Å². The lowest BCUT2D eigenvalue weighted by atomic mass is 10.1. The number of benzene rings is 1. The van der Waals surface area contributed by atoms with E-state index in [2.05, 4.69) is 35.8 Å². The molecule has 3 rings (SSSR count). The van der Waals surface area contributed by atoms with Crippen LogP contribution in [0.3, 0.4) is 0 Å². The molecule has 0 spiro atoms. The molecule has 0 saturated carbocycles. The first-order valence-electron chi connectivity index (χ1n) is 9.45. The van der Waals surface area contributed by atoms with Crippen LogP contribution in [0.4, 0.5) is 0 Å². The van der Waals surface area contributed by atoms with Crippen LogP contribution >= 0.6 is 0 Å². The maximum absolute atomic E-state index is 12.3. The lowest BCUT2D eigenvalue weighted by molar-refractivity contribution is -0.133. The minimum absolute atomic E-state index is 0.0490. The number of amides is 1. The van der Waals surface area contributed by atoms with E-state index in [0.717, 1.165) is 38.2 Å². The fourth-order valence-electron chi connectivity index (χ4n) is 3.19. The van der Waals surface area contributed by atoms with Crippen LogP contribution in [0.2, 0.25) is 0 Å². The number of rotatable bonds is 6. The average Bonchev–Trinajstić information content (AvgIpc) is 3.16. The van der Waals surface area contributed by atoms with Crippen molar-refractivity contribution >= 4 is 5.91 Å². The number of carbonyl (C=O) groups excluding carboxylic acids is 1. The van der Waals surface area contributed by atoms with Gasteiger partial charge in [-0.3, -0.25) is 9.69 Å². The predicted molar refractivity (Wildman–Crippen MR) is 100 cm³/mol. The van der Waals surface area contributed by atoms with Gasteiger partial charge in [-0.1, -0.05) is 49.3 Å². The normalized spacial score (nSPS) is 16.8. The van der Waals surface area contributed by atoms with Gasteiger partial charge < -0.3 is 9.42 Å². The molecule has 140 valence electrons. The topological polar surface area (TPSA) is 62.5 Å². The maximum atomic E-state index is 12.3. The highest BCUT2D eigenvalue weighted by Crippen LogP contribution is 2.23. The third kappa shape index (κ3) is 4.49. The van der Waals surface area contributed by atoms with Gasteiger partial charge in [0.15, 0.2) is 0 Å². The Morgan fingerprint density at radius 2 is 1.81 bits per heavy atom. The highest BCUT2D eigenvalue weighted by atomic mass is 16.5.